The van der Waals surface area contributed by atoms with Crippen LogP contribution in [-0.4, -0.2) is 9.97 Å². The first-order valence-electron chi connectivity index (χ1n) is 5.66. The van der Waals surface area contributed by atoms with Crippen molar-refractivity contribution in [2.75, 3.05) is 0 Å². The molecule has 0 spiro atoms. The minimum absolute atomic E-state index is 0.510. The van der Waals surface area contributed by atoms with E-state index in [1.165, 1.54) is 0 Å². The third kappa shape index (κ3) is 1.99. The van der Waals surface area contributed by atoms with Crippen molar-refractivity contribution in [3.63, 3.8) is 0 Å². The lowest BCUT2D eigenvalue weighted by atomic mass is 10.2. The normalized spacial score (nSPS) is 13.7. The van der Waals surface area contributed by atoms with E-state index in [1.54, 1.807) is 18.2 Å². The molecule has 5 heteroatoms. The smallest absolute Gasteiger partial charge is 0.164 e. The molecule has 2 aromatic rings. The van der Waals surface area contributed by atoms with Gasteiger partial charge in [-0.1, -0.05) is 40.9 Å². The molecule has 92 valence electrons. The zero-order valence-corrected chi connectivity index (χ0v) is 11.6. The first-order valence-corrected chi connectivity index (χ1v) is 6.80. The van der Waals surface area contributed by atoms with Crippen molar-refractivity contribution in [1.29, 1.82) is 0 Å². The second-order valence-corrected chi connectivity index (χ2v) is 5.39. The molecule has 0 unspecified atom stereocenters. The molecule has 2 nitrogen and oxygen atoms in total. The van der Waals surface area contributed by atoms with Crippen molar-refractivity contribution in [3.05, 3.63) is 44.7 Å². The average molecular weight is 300 g/mol. The second-order valence-electron chi connectivity index (χ2n) is 4.21. The molecule has 18 heavy (non-hydrogen) atoms. The first kappa shape index (κ1) is 12.2. The van der Waals surface area contributed by atoms with Crippen LogP contribution in [0.4, 0.5) is 0 Å². The standard InChI is InChI=1S/C13H9Cl3N2/c14-8-4-2-5-9(15)11(8)13-17-10-6-1-3-7(10)12(16)18-13/h2,4-5H,1,3,6H2. The van der Waals surface area contributed by atoms with Crippen LogP contribution in [0.25, 0.3) is 11.4 Å². The number of aryl methyl sites for hydroxylation is 1. The summed E-state index contributed by atoms with van der Waals surface area (Å²) in [7, 11) is 0. The second kappa shape index (κ2) is 4.69. The highest BCUT2D eigenvalue weighted by molar-refractivity contribution is 6.39. The number of benzene rings is 1. The molecule has 0 saturated carbocycles. The summed E-state index contributed by atoms with van der Waals surface area (Å²) in [5, 5.41) is 1.59. The number of fused-ring (bicyclic) bond motifs is 1. The van der Waals surface area contributed by atoms with Gasteiger partial charge in [-0.15, -0.1) is 0 Å². The highest BCUT2D eigenvalue weighted by atomic mass is 35.5. The Morgan fingerprint density at radius 1 is 0.944 bits per heavy atom. The van der Waals surface area contributed by atoms with Gasteiger partial charge in [0.25, 0.3) is 0 Å². The summed E-state index contributed by atoms with van der Waals surface area (Å²) in [6.45, 7) is 0. The van der Waals surface area contributed by atoms with Gasteiger partial charge in [-0.25, -0.2) is 9.97 Å². The van der Waals surface area contributed by atoms with E-state index in [-0.39, 0.29) is 0 Å². The maximum Gasteiger partial charge on any atom is 0.164 e. The number of hydrogen-bond donors (Lipinski definition) is 0. The van der Waals surface area contributed by atoms with E-state index in [0.29, 0.717) is 26.6 Å². The van der Waals surface area contributed by atoms with Crippen LogP contribution in [0.2, 0.25) is 15.2 Å². The van der Waals surface area contributed by atoms with Crippen LogP contribution in [0.1, 0.15) is 17.7 Å². The van der Waals surface area contributed by atoms with E-state index < -0.39 is 0 Å². The molecular formula is C13H9Cl3N2. The molecular weight excluding hydrogens is 291 g/mol. The summed E-state index contributed by atoms with van der Waals surface area (Å²) < 4.78 is 0. The lowest BCUT2D eigenvalue weighted by molar-refractivity contribution is 0.900. The van der Waals surface area contributed by atoms with Gasteiger partial charge in [-0.2, -0.15) is 0 Å². The van der Waals surface area contributed by atoms with Crippen molar-refractivity contribution in [2.45, 2.75) is 19.3 Å². The predicted octanol–water partition coefficient (Wildman–Crippen LogP) is 4.59. The van der Waals surface area contributed by atoms with Crippen LogP contribution in [0, 0.1) is 0 Å². The Kier molecular flexibility index (Phi) is 3.18. The molecule has 0 N–H and O–H groups in total. The van der Waals surface area contributed by atoms with Gasteiger partial charge >= 0.3 is 0 Å². The van der Waals surface area contributed by atoms with E-state index in [4.69, 9.17) is 34.8 Å². The fraction of sp³-hybridized carbons (Fsp3) is 0.231. The van der Waals surface area contributed by atoms with Crippen LogP contribution >= 0.6 is 34.8 Å². The zero-order valence-electron chi connectivity index (χ0n) is 9.38. The Bertz CT molecular complexity index is 606. The maximum absolute atomic E-state index is 6.19. The summed E-state index contributed by atoms with van der Waals surface area (Å²) in [5.74, 6) is 0.510. The van der Waals surface area contributed by atoms with Crippen LogP contribution in [0.3, 0.4) is 0 Å². The van der Waals surface area contributed by atoms with E-state index in [0.717, 1.165) is 30.5 Å². The largest absolute Gasteiger partial charge is 0.233 e. The third-order valence-corrected chi connectivity index (χ3v) is 4.01. The number of halogens is 3. The minimum atomic E-state index is 0.510. The molecule has 1 aliphatic rings. The Morgan fingerprint density at radius 3 is 2.39 bits per heavy atom. The van der Waals surface area contributed by atoms with Gasteiger partial charge < -0.3 is 0 Å². The van der Waals surface area contributed by atoms with Crippen LogP contribution in [0.5, 0.6) is 0 Å². The van der Waals surface area contributed by atoms with E-state index >= 15 is 0 Å². The Balaban J connectivity index is 2.21. The lowest BCUT2D eigenvalue weighted by Gasteiger charge is -2.08. The van der Waals surface area contributed by atoms with Crippen molar-refractivity contribution < 1.29 is 0 Å². The molecule has 0 aliphatic heterocycles. The van der Waals surface area contributed by atoms with Gasteiger partial charge in [0, 0.05) is 11.3 Å². The number of hydrogen-bond acceptors (Lipinski definition) is 2. The molecule has 0 atom stereocenters. The highest BCUT2D eigenvalue weighted by Gasteiger charge is 2.20. The van der Waals surface area contributed by atoms with Crippen molar-refractivity contribution in [3.8, 4) is 11.4 Å². The fourth-order valence-electron chi connectivity index (χ4n) is 2.21. The highest BCUT2D eigenvalue weighted by Crippen LogP contribution is 2.35. The first-order chi connectivity index (χ1) is 8.66. The summed E-state index contributed by atoms with van der Waals surface area (Å²) in [5.41, 5.74) is 2.72. The monoisotopic (exact) mass is 298 g/mol. The third-order valence-electron chi connectivity index (χ3n) is 3.07. The SMILES string of the molecule is Clc1cccc(Cl)c1-c1nc(Cl)c2c(n1)CCC2. The summed E-state index contributed by atoms with van der Waals surface area (Å²) in [6, 6.07) is 5.34. The zero-order chi connectivity index (χ0) is 12.7. The Labute approximate surface area is 120 Å². The molecule has 1 heterocycles. The van der Waals surface area contributed by atoms with E-state index in [9.17, 15) is 0 Å². The molecule has 0 saturated heterocycles. The van der Waals surface area contributed by atoms with E-state index in [2.05, 4.69) is 9.97 Å². The minimum Gasteiger partial charge on any atom is -0.233 e. The summed E-state index contributed by atoms with van der Waals surface area (Å²) >= 11 is 18.5. The average Bonchev–Trinajstić information content (AvgIpc) is 2.77. The Hall–Kier alpha value is -0.830. The maximum atomic E-state index is 6.19. The Morgan fingerprint density at radius 2 is 1.67 bits per heavy atom. The van der Waals surface area contributed by atoms with Gasteiger partial charge in [-0.05, 0) is 31.4 Å². The molecule has 1 aliphatic carbocycles. The van der Waals surface area contributed by atoms with Gasteiger partial charge in [-0.3, -0.25) is 0 Å². The van der Waals surface area contributed by atoms with Crippen LogP contribution in [-0.2, 0) is 12.8 Å². The molecule has 1 aromatic carbocycles. The fourth-order valence-corrected chi connectivity index (χ4v) is 3.06. The number of aromatic nitrogens is 2. The number of rotatable bonds is 1. The number of nitrogens with zero attached hydrogens (tertiary/aromatic N) is 2. The van der Waals surface area contributed by atoms with Crippen molar-refractivity contribution >= 4 is 34.8 Å². The predicted molar refractivity (Wildman–Crippen MR) is 74.5 cm³/mol. The van der Waals surface area contributed by atoms with Crippen molar-refractivity contribution in [1.82, 2.24) is 9.97 Å². The molecule has 0 amide bonds. The quantitative estimate of drug-likeness (QED) is 0.720. The topological polar surface area (TPSA) is 25.8 Å². The van der Waals surface area contributed by atoms with Crippen LogP contribution in [0.15, 0.2) is 18.2 Å². The summed E-state index contributed by atoms with van der Waals surface area (Å²) in [4.78, 5) is 8.86. The van der Waals surface area contributed by atoms with Crippen molar-refractivity contribution in [2.24, 2.45) is 0 Å². The van der Waals surface area contributed by atoms with Crippen LogP contribution < -0.4 is 0 Å². The summed E-state index contributed by atoms with van der Waals surface area (Å²) in [6.07, 6.45) is 2.96. The molecule has 1 aromatic heterocycles. The van der Waals surface area contributed by atoms with Gasteiger partial charge in [0.1, 0.15) is 5.15 Å². The van der Waals surface area contributed by atoms with Gasteiger partial charge in [0.05, 0.1) is 15.6 Å². The lowest BCUT2D eigenvalue weighted by Crippen LogP contribution is -1.98. The van der Waals surface area contributed by atoms with E-state index in [1.807, 2.05) is 0 Å². The van der Waals surface area contributed by atoms with Gasteiger partial charge in [0.2, 0.25) is 0 Å². The molecule has 0 bridgehead atoms. The molecule has 0 fully saturated rings. The molecule has 0 radical (unpaired) electrons. The molecule has 3 rings (SSSR count). The van der Waals surface area contributed by atoms with Gasteiger partial charge in [0.15, 0.2) is 5.82 Å².